The second-order valence-electron chi connectivity index (χ2n) is 7.90. The molecule has 1 aromatic carbocycles. The van der Waals surface area contributed by atoms with Crippen molar-refractivity contribution in [2.24, 2.45) is 10.9 Å². The number of nitrogens with zero attached hydrogens (tertiary/aromatic N) is 3. The molecule has 0 radical (unpaired) electrons. The van der Waals surface area contributed by atoms with Gasteiger partial charge in [-0.3, -0.25) is 9.89 Å². The Kier molecular flexibility index (Phi) is 8.25. The van der Waals surface area contributed by atoms with Gasteiger partial charge in [0.05, 0.1) is 6.10 Å². The smallest absolute Gasteiger partial charge is 0.231 e. The van der Waals surface area contributed by atoms with E-state index in [4.69, 9.17) is 14.5 Å². The fraction of sp³-hybridized carbons (Fsp3) is 0.667. The maximum atomic E-state index is 10.0. The van der Waals surface area contributed by atoms with Crippen molar-refractivity contribution in [3.63, 3.8) is 0 Å². The molecule has 2 unspecified atom stereocenters. The molecule has 1 saturated carbocycles. The number of guanidine groups is 1. The van der Waals surface area contributed by atoms with E-state index in [1.54, 1.807) is 0 Å². The van der Waals surface area contributed by atoms with Gasteiger partial charge in [0.15, 0.2) is 17.5 Å². The summed E-state index contributed by atoms with van der Waals surface area (Å²) in [6.45, 7) is 8.87. The summed E-state index contributed by atoms with van der Waals surface area (Å²) in [5, 5.41) is 13.5. The predicted molar refractivity (Wildman–Crippen MR) is 124 cm³/mol. The van der Waals surface area contributed by atoms with Gasteiger partial charge in [-0.15, -0.1) is 24.0 Å². The van der Waals surface area contributed by atoms with Crippen LogP contribution in [0.25, 0.3) is 0 Å². The SMILES string of the molecule is CCNC(=NCC1CCCC1O)N1CCN(Cc2ccc3c(c2)OCO3)CC1.I. The highest BCUT2D eigenvalue weighted by Gasteiger charge is 2.26. The van der Waals surface area contributed by atoms with E-state index in [1.807, 2.05) is 6.07 Å². The van der Waals surface area contributed by atoms with Gasteiger partial charge in [0, 0.05) is 51.7 Å². The highest BCUT2D eigenvalue weighted by Crippen LogP contribution is 2.32. The van der Waals surface area contributed by atoms with Crippen molar-refractivity contribution >= 4 is 29.9 Å². The summed E-state index contributed by atoms with van der Waals surface area (Å²) in [6, 6.07) is 6.22. The van der Waals surface area contributed by atoms with Crippen molar-refractivity contribution in [3.8, 4) is 11.5 Å². The topological polar surface area (TPSA) is 69.6 Å². The van der Waals surface area contributed by atoms with Crippen LogP contribution in [0.5, 0.6) is 11.5 Å². The minimum Gasteiger partial charge on any atom is -0.454 e. The number of aliphatic hydroxyl groups excluding tert-OH is 1. The molecule has 0 aromatic heterocycles. The summed E-state index contributed by atoms with van der Waals surface area (Å²) in [6.07, 6.45) is 2.96. The monoisotopic (exact) mass is 516 g/mol. The summed E-state index contributed by atoms with van der Waals surface area (Å²) < 4.78 is 10.9. The van der Waals surface area contributed by atoms with Crippen LogP contribution < -0.4 is 14.8 Å². The molecule has 1 aliphatic carbocycles. The molecule has 29 heavy (non-hydrogen) atoms. The lowest BCUT2D eigenvalue weighted by Crippen LogP contribution is -2.52. The second-order valence-corrected chi connectivity index (χ2v) is 7.90. The van der Waals surface area contributed by atoms with Gasteiger partial charge in [-0.1, -0.05) is 12.5 Å². The standard InChI is InChI=1S/C21H32N4O3.HI/c1-2-22-21(23-13-17-4-3-5-18(17)26)25-10-8-24(9-11-25)14-16-6-7-19-20(12-16)28-15-27-19;/h6-7,12,17-18,26H,2-5,8-11,13-15H2,1H3,(H,22,23);1H. The number of aliphatic hydroxyl groups is 1. The van der Waals surface area contributed by atoms with Crippen LogP contribution in [0, 0.1) is 5.92 Å². The van der Waals surface area contributed by atoms with Gasteiger partial charge in [0.1, 0.15) is 0 Å². The normalized spacial score (nSPS) is 24.5. The molecule has 2 aliphatic heterocycles. The first-order valence-corrected chi connectivity index (χ1v) is 10.5. The Morgan fingerprint density at radius 1 is 1.17 bits per heavy atom. The fourth-order valence-electron chi connectivity index (χ4n) is 4.28. The van der Waals surface area contributed by atoms with Crippen LogP contribution in [0.4, 0.5) is 0 Å². The van der Waals surface area contributed by atoms with Crippen LogP contribution >= 0.6 is 24.0 Å². The van der Waals surface area contributed by atoms with Crippen molar-refractivity contribution in [3.05, 3.63) is 23.8 Å². The molecular formula is C21H33IN4O3. The highest BCUT2D eigenvalue weighted by atomic mass is 127. The van der Waals surface area contributed by atoms with Crippen molar-refractivity contribution < 1.29 is 14.6 Å². The number of rotatable bonds is 5. The summed E-state index contributed by atoms with van der Waals surface area (Å²) in [5.41, 5.74) is 1.26. The first kappa shape index (κ1) is 22.4. The second kappa shape index (κ2) is 10.7. The van der Waals surface area contributed by atoms with E-state index in [9.17, 15) is 5.11 Å². The van der Waals surface area contributed by atoms with Crippen LogP contribution in [0.2, 0.25) is 0 Å². The molecule has 2 fully saturated rings. The van der Waals surface area contributed by atoms with E-state index in [0.29, 0.717) is 12.7 Å². The van der Waals surface area contributed by atoms with Gasteiger partial charge in [0.25, 0.3) is 0 Å². The van der Waals surface area contributed by atoms with Crippen molar-refractivity contribution in [2.45, 2.75) is 38.8 Å². The molecule has 0 spiro atoms. The third-order valence-electron chi connectivity index (χ3n) is 5.94. The van der Waals surface area contributed by atoms with E-state index in [0.717, 1.165) is 82.5 Å². The van der Waals surface area contributed by atoms with Gasteiger partial charge < -0.3 is 24.8 Å². The molecule has 4 rings (SSSR count). The highest BCUT2D eigenvalue weighted by molar-refractivity contribution is 14.0. The van der Waals surface area contributed by atoms with E-state index in [-0.39, 0.29) is 30.1 Å². The number of fused-ring (bicyclic) bond motifs is 1. The van der Waals surface area contributed by atoms with E-state index in [1.165, 1.54) is 5.56 Å². The summed E-state index contributed by atoms with van der Waals surface area (Å²) in [7, 11) is 0. The van der Waals surface area contributed by atoms with Crippen LogP contribution in [0.15, 0.2) is 23.2 Å². The van der Waals surface area contributed by atoms with Crippen molar-refractivity contribution in [1.82, 2.24) is 15.1 Å². The van der Waals surface area contributed by atoms with Gasteiger partial charge in [-0.2, -0.15) is 0 Å². The summed E-state index contributed by atoms with van der Waals surface area (Å²) >= 11 is 0. The molecule has 7 nitrogen and oxygen atoms in total. The Balaban J connectivity index is 0.00000240. The van der Waals surface area contributed by atoms with E-state index < -0.39 is 0 Å². The number of piperazine rings is 1. The maximum absolute atomic E-state index is 10.0. The Labute approximate surface area is 190 Å². The Bertz CT molecular complexity index is 695. The largest absolute Gasteiger partial charge is 0.454 e. The quantitative estimate of drug-likeness (QED) is 0.356. The van der Waals surface area contributed by atoms with E-state index >= 15 is 0 Å². The molecule has 1 saturated heterocycles. The molecule has 162 valence electrons. The fourth-order valence-corrected chi connectivity index (χ4v) is 4.28. The predicted octanol–water partition coefficient (Wildman–Crippen LogP) is 2.28. The Morgan fingerprint density at radius 2 is 1.97 bits per heavy atom. The number of aliphatic imine (C=N–C) groups is 1. The number of ether oxygens (including phenoxy) is 2. The van der Waals surface area contributed by atoms with Gasteiger partial charge >= 0.3 is 0 Å². The number of benzene rings is 1. The lowest BCUT2D eigenvalue weighted by atomic mass is 10.1. The molecule has 1 aromatic rings. The minimum atomic E-state index is -0.176. The molecule has 0 amide bonds. The molecule has 3 aliphatic rings. The number of hydrogen-bond acceptors (Lipinski definition) is 5. The molecule has 2 atom stereocenters. The zero-order valence-corrected chi connectivity index (χ0v) is 19.5. The third kappa shape index (κ3) is 5.67. The van der Waals surface area contributed by atoms with Crippen LogP contribution in [0.1, 0.15) is 31.7 Å². The first-order valence-electron chi connectivity index (χ1n) is 10.5. The summed E-state index contributed by atoms with van der Waals surface area (Å²) in [4.78, 5) is 9.66. The van der Waals surface area contributed by atoms with Crippen molar-refractivity contribution in [1.29, 1.82) is 0 Å². The molecular weight excluding hydrogens is 483 g/mol. The lowest BCUT2D eigenvalue weighted by Gasteiger charge is -2.36. The molecule has 8 heteroatoms. The zero-order valence-electron chi connectivity index (χ0n) is 17.2. The Morgan fingerprint density at radius 3 is 2.69 bits per heavy atom. The Hall–Kier alpha value is -1.26. The number of halogens is 1. The molecule has 0 bridgehead atoms. The van der Waals surface area contributed by atoms with Crippen LogP contribution in [0.3, 0.4) is 0 Å². The van der Waals surface area contributed by atoms with Crippen LogP contribution in [-0.4, -0.2) is 73.0 Å². The summed E-state index contributed by atoms with van der Waals surface area (Å²) in [5.74, 6) is 3.00. The average molecular weight is 516 g/mol. The zero-order chi connectivity index (χ0) is 19.3. The van der Waals surface area contributed by atoms with Gasteiger partial charge in [-0.25, -0.2) is 0 Å². The van der Waals surface area contributed by atoms with Gasteiger partial charge in [0.2, 0.25) is 6.79 Å². The number of nitrogens with one attached hydrogen (secondary N) is 1. The van der Waals surface area contributed by atoms with Crippen molar-refractivity contribution in [2.75, 3.05) is 46.1 Å². The van der Waals surface area contributed by atoms with Crippen LogP contribution in [-0.2, 0) is 6.54 Å². The first-order chi connectivity index (χ1) is 13.7. The van der Waals surface area contributed by atoms with Gasteiger partial charge in [-0.05, 0) is 37.5 Å². The molecule has 2 N–H and O–H groups in total. The molecule has 2 heterocycles. The average Bonchev–Trinajstić information content (AvgIpc) is 3.34. The minimum absolute atomic E-state index is 0. The maximum Gasteiger partial charge on any atom is 0.231 e. The lowest BCUT2D eigenvalue weighted by molar-refractivity contribution is 0.136. The third-order valence-corrected chi connectivity index (χ3v) is 5.94. The van der Waals surface area contributed by atoms with E-state index in [2.05, 4.69) is 34.2 Å². The number of hydrogen-bond donors (Lipinski definition) is 2.